The van der Waals surface area contributed by atoms with Crippen molar-refractivity contribution in [2.75, 3.05) is 0 Å². The van der Waals surface area contributed by atoms with Gasteiger partial charge in [0, 0.05) is 29.5 Å². The molecule has 1 aromatic carbocycles. The van der Waals surface area contributed by atoms with Gasteiger partial charge in [-0.05, 0) is 43.3 Å². The largest absolute Gasteiger partial charge is 0.342 e. The molecule has 9 heteroatoms. The van der Waals surface area contributed by atoms with Crippen LogP contribution in [0.5, 0.6) is 0 Å². The van der Waals surface area contributed by atoms with Crippen molar-refractivity contribution in [3.8, 4) is 16.9 Å². The van der Waals surface area contributed by atoms with E-state index >= 15 is 0 Å². The lowest BCUT2D eigenvalue weighted by molar-refractivity contribution is 0.0934. The van der Waals surface area contributed by atoms with Crippen molar-refractivity contribution in [1.29, 1.82) is 0 Å². The monoisotopic (exact) mass is 443 g/mol. The Kier molecular flexibility index (Phi) is 5.62. The molecule has 6 nitrogen and oxygen atoms in total. The predicted octanol–water partition coefficient (Wildman–Crippen LogP) is 5.19. The summed E-state index contributed by atoms with van der Waals surface area (Å²) in [6.07, 6.45) is 5.18. The van der Waals surface area contributed by atoms with Crippen LogP contribution in [0.25, 0.3) is 16.9 Å². The Hall–Kier alpha value is -2.74. The number of rotatable bonds is 5. The minimum absolute atomic E-state index is 0.256. The van der Waals surface area contributed by atoms with Crippen molar-refractivity contribution < 1.29 is 4.79 Å². The van der Waals surface area contributed by atoms with Crippen molar-refractivity contribution in [3.63, 3.8) is 0 Å². The molecule has 0 aliphatic rings. The number of nitrogens with one attached hydrogen (secondary N) is 1. The lowest BCUT2D eigenvalue weighted by Crippen LogP contribution is -2.27. The van der Waals surface area contributed by atoms with Crippen LogP contribution in [0.1, 0.15) is 28.5 Å². The molecule has 29 heavy (non-hydrogen) atoms. The number of amides is 1. The van der Waals surface area contributed by atoms with E-state index in [-0.39, 0.29) is 11.9 Å². The minimum Gasteiger partial charge on any atom is -0.342 e. The molecule has 0 aliphatic heterocycles. The van der Waals surface area contributed by atoms with Crippen LogP contribution >= 0.6 is 34.5 Å². The molecule has 3 heterocycles. The first-order chi connectivity index (χ1) is 14.0. The van der Waals surface area contributed by atoms with Crippen LogP contribution < -0.4 is 5.32 Å². The van der Waals surface area contributed by atoms with Crippen LogP contribution in [0.15, 0.2) is 60.4 Å². The molecule has 4 rings (SSSR count). The Morgan fingerprint density at radius 1 is 1.21 bits per heavy atom. The van der Waals surface area contributed by atoms with Gasteiger partial charge in [0.1, 0.15) is 5.01 Å². The van der Waals surface area contributed by atoms with Gasteiger partial charge in [-0.2, -0.15) is 5.10 Å². The summed E-state index contributed by atoms with van der Waals surface area (Å²) in [5.41, 5.74) is 2.79. The van der Waals surface area contributed by atoms with Crippen molar-refractivity contribution in [3.05, 3.63) is 81.1 Å². The molecule has 1 N–H and O–H groups in total. The third-order valence-corrected chi connectivity index (χ3v) is 5.95. The highest BCUT2D eigenvalue weighted by Gasteiger charge is 2.17. The lowest BCUT2D eigenvalue weighted by Gasteiger charge is -2.10. The molecular weight excluding hydrogens is 429 g/mol. The van der Waals surface area contributed by atoms with Gasteiger partial charge in [0.25, 0.3) is 5.91 Å². The average molecular weight is 444 g/mol. The van der Waals surface area contributed by atoms with Crippen LogP contribution in [-0.4, -0.2) is 25.7 Å². The molecular formula is C20H15Cl2N5OS. The molecule has 0 spiro atoms. The van der Waals surface area contributed by atoms with Gasteiger partial charge >= 0.3 is 0 Å². The highest BCUT2D eigenvalue weighted by molar-refractivity contribution is 7.10. The molecule has 4 aromatic rings. The summed E-state index contributed by atoms with van der Waals surface area (Å²) in [5, 5.41) is 10.9. The second-order valence-corrected chi connectivity index (χ2v) is 7.96. The predicted molar refractivity (Wildman–Crippen MR) is 115 cm³/mol. The Bertz CT molecular complexity index is 1160. The smallest absolute Gasteiger partial charge is 0.272 e. The van der Waals surface area contributed by atoms with Crippen molar-refractivity contribution >= 4 is 40.4 Å². The Labute approximate surface area is 181 Å². The molecule has 1 unspecified atom stereocenters. The summed E-state index contributed by atoms with van der Waals surface area (Å²) in [6.45, 7) is 1.89. The molecule has 1 amide bonds. The van der Waals surface area contributed by atoms with Crippen LogP contribution in [-0.2, 0) is 0 Å². The van der Waals surface area contributed by atoms with Gasteiger partial charge < -0.3 is 5.32 Å². The number of hydrogen-bond acceptors (Lipinski definition) is 5. The van der Waals surface area contributed by atoms with Crippen LogP contribution in [0, 0.1) is 0 Å². The molecule has 1 atom stereocenters. The number of halogens is 2. The van der Waals surface area contributed by atoms with Gasteiger partial charge in [-0.25, -0.2) is 9.67 Å². The molecule has 0 saturated heterocycles. The fraction of sp³-hybridized carbons (Fsp3) is 0.100. The van der Waals surface area contributed by atoms with E-state index in [1.54, 1.807) is 47.5 Å². The van der Waals surface area contributed by atoms with Crippen LogP contribution in [0.3, 0.4) is 0 Å². The Morgan fingerprint density at radius 2 is 2.07 bits per heavy atom. The van der Waals surface area contributed by atoms with E-state index in [0.717, 1.165) is 16.3 Å². The second-order valence-electron chi connectivity index (χ2n) is 6.25. The lowest BCUT2D eigenvalue weighted by atomic mass is 10.2. The van der Waals surface area contributed by atoms with Gasteiger partial charge in [0.15, 0.2) is 5.69 Å². The van der Waals surface area contributed by atoms with Gasteiger partial charge in [0.2, 0.25) is 0 Å². The number of benzene rings is 1. The zero-order valence-corrected chi connectivity index (χ0v) is 17.5. The fourth-order valence-corrected chi connectivity index (χ4v) is 3.81. The summed E-state index contributed by atoms with van der Waals surface area (Å²) >= 11 is 13.5. The van der Waals surface area contributed by atoms with E-state index in [9.17, 15) is 4.79 Å². The SMILES string of the molecule is CC(NC(=O)c1ccn(-c2ccc(Cl)c(Cl)c2)n1)c1nc(-c2cccnc2)cs1. The topological polar surface area (TPSA) is 72.7 Å². The van der Waals surface area contributed by atoms with Crippen molar-refractivity contribution in [2.45, 2.75) is 13.0 Å². The summed E-state index contributed by atoms with van der Waals surface area (Å²) in [4.78, 5) is 21.3. The number of nitrogens with zero attached hydrogens (tertiary/aromatic N) is 4. The highest BCUT2D eigenvalue weighted by atomic mass is 35.5. The van der Waals surface area contributed by atoms with Gasteiger partial charge in [-0.3, -0.25) is 9.78 Å². The number of carbonyl (C=O) groups is 1. The van der Waals surface area contributed by atoms with Gasteiger partial charge in [-0.15, -0.1) is 11.3 Å². The second kappa shape index (κ2) is 8.32. The van der Waals surface area contributed by atoms with E-state index in [2.05, 4.69) is 20.4 Å². The van der Waals surface area contributed by atoms with E-state index < -0.39 is 0 Å². The van der Waals surface area contributed by atoms with Crippen LogP contribution in [0.2, 0.25) is 10.0 Å². The summed E-state index contributed by atoms with van der Waals surface area (Å²) in [5.74, 6) is -0.283. The van der Waals surface area contributed by atoms with E-state index in [4.69, 9.17) is 23.2 Å². The maximum Gasteiger partial charge on any atom is 0.272 e. The summed E-state index contributed by atoms with van der Waals surface area (Å²) < 4.78 is 1.58. The fourth-order valence-electron chi connectivity index (χ4n) is 2.68. The molecule has 0 aliphatic carbocycles. The first-order valence-electron chi connectivity index (χ1n) is 8.69. The van der Waals surface area contributed by atoms with E-state index in [1.165, 1.54) is 11.3 Å². The zero-order chi connectivity index (χ0) is 20.4. The first-order valence-corrected chi connectivity index (χ1v) is 10.3. The number of hydrogen-bond donors (Lipinski definition) is 1. The maximum atomic E-state index is 12.6. The number of aromatic nitrogens is 4. The van der Waals surface area contributed by atoms with Gasteiger partial charge in [0.05, 0.1) is 27.5 Å². The Balaban J connectivity index is 1.46. The third-order valence-electron chi connectivity index (χ3n) is 4.19. The first kappa shape index (κ1) is 19.6. The summed E-state index contributed by atoms with van der Waals surface area (Å²) in [7, 11) is 0. The quantitative estimate of drug-likeness (QED) is 0.460. The standard InChI is InChI=1S/C20H15Cl2N5OS/c1-12(20-25-18(11-29-20)13-3-2-7-23-10-13)24-19(28)17-6-8-27(26-17)14-4-5-15(21)16(22)9-14/h2-12H,1H3,(H,24,28). The van der Waals surface area contributed by atoms with Crippen molar-refractivity contribution in [2.24, 2.45) is 0 Å². The molecule has 0 fully saturated rings. The molecule has 0 radical (unpaired) electrons. The van der Waals surface area contributed by atoms with E-state index in [0.29, 0.717) is 21.4 Å². The van der Waals surface area contributed by atoms with Crippen LogP contribution in [0.4, 0.5) is 0 Å². The Morgan fingerprint density at radius 3 is 2.83 bits per heavy atom. The van der Waals surface area contributed by atoms with Crippen molar-refractivity contribution in [1.82, 2.24) is 25.1 Å². The summed E-state index contributed by atoms with van der Waals surface area (Å²) in [6, 6.07) is 10.4. The number of pyridine rings is 1. The highest BCUT2D eigenvalue weighted by Crippen LogP contribution is 2.26. The van der Waals surface area contributed by atoms with Gasteiger partial charge in [-0.1, -0.05) is 23.2 Å². The average Bonchev–Trinajstić information content (AvgIpc) is 3.41. The van der Waals surface area contributed by atoms with E-state index in [1.807, 2.05) is 24.4 Å². The maximum absolute atomic E-state index is 12.6. The molecule has 3 aromatic heterocycles. The molecule has 0 bridgehead atoms. The minimum atomic E-state index is -0.283. The number of carbonyl (C=O) groups excluding carboxylic acids is 1. The number of thiazole rings is 1. The zero-order valence-electron chi connectivity index (χ0n) is 15.2. The molecule has 146 valence electrons. The third kappa shape index (κ3) is 4.32. The normalized spacial score (nSPS) is 12.0. The molecule has 0 saturated carbocycles.